The molecule has 0 bridgehead atoms. The van der Waals surface area contributed by atoms with E-state index in [1.54, 1.807) is 41.3 Å². The summed E-state index contributed by atoms with van der Waals surface area (Å²) in [6.07, 6.45) is 0.356. The second kappa shape index (κ2) is 8.05. The summed E-state index contributed by atoms with van der Waals surface area (Å²) in [5, 5.41) is 20.1. The zero-order valence-corrected chi connectivity index (χ0v) is 15.8. The molecule has 0 aliphatic carbocycles. The number of anilines is 1. The van der Waals surface area contributed by atoms with Crippen LogP contribution in [-0.4, -0.2) is 16.1 Å². The van der Waals surface area contributed by atoms with Crippen LogP contribution in [0, 0.1) is 11.7 Å². The number of benzene rings is 3. The number of hydrogen-bond donors (Lipinski definition) is 2. The topological polar surface area (TPSA) is 60.8 Å². The molecular weight excluding hydrogens is 369 g/mol. The molecule has 1 saturated heterocycles. The first-order valence-electron chi connectivity index (χ1n) is 9.65. The summed E-state index contributed by atoms with van der Waals surface area (Å²) in [5.74, 6) is -0.535. The van der Waals surface area contributed by atoms with Gasteiger partial charge in [-0.15, -0.1) is 0 Å². The maximum atomic E-state index is 13.3. The molecule has 1 heterocycles. The normalized spacial score (nSPS) is 19.7. The molecule has 1 aliphatic heterocycles. The van der Waals surface area contributed by atoms with Gasteiger partial charge in [0, 0.05) is 5.69 Å². The van der Waals surface area contributed by atoms with Gasteiger partial charge in [-0.2, -0.15) is 0 Å². The Morgan fingerprint density at radius 3 is 2.24 bits per heavy atom. The number of phenols is 1. The van der Waals surface area contributed by atoms with E-state index in [4.69, 9.17) is 0 Å². The predicted molar refractivity (Wildman–Crippen MR) is 109 cm³/mol. The number of aromatic hydroxyl groups is 1. The van der Waals surface area contributed by atoms with Gasteiger partial charge < -0.3 is 15.1 Å². The Morgan fingerprint density at radius 2 is 1.59 bits per heavy atom. The van der Waals surface area contributed by atoms with Crippen molar-refractivity contribution < 1.29 is 19.4 Å². The molecule has 148 valence electrons. The molecule has 29 heavy (non-hydrogen) atoms. The summed E-state index contributed by atoms with van der Waals surface area (Å²) in [4.78, 5) is 14.6. The highest BCUT2D eigenvalue weighted by atomic mass is 19.1. The van der Waals surface area contributed by atoms with Crippen molar-refractivity contribution in [2.75, 3.05) is 4.90 Å². The smallest absolute Gasteiger partial charge is 0.233 e. The van der Waals surface area contributed by atoms with E-state index in [0.29, 0.717) is 18.5 Å². The zero-order chi connectivity index (χ0) is 20.4. The van der Waals surface area contributed by atoms with Crippen LogP contribution in [0.2, 0.25) is 0 Å². The van der Waals surface area contributed by atoms with Crippen LogP contribution < -0.4 is 4.90 Å². The lowest BCUT2D eigenvalue weighted by atomic mass is 9.78. The number of carbonyl (C=O) groups excluding carboxylic acids is 1. The van der Waals surface area contributed by atoms with Crippen molar-refractivity contribution in [3.63, 3.8) is 0 Å². The molecule has 2 N–H and O–H groups in total. The Morgan fingerprint density at radius 1 is 0.931 bits per heavy atom. The molecule has 0 unspecified atom stereocenters. The number of amides is 1. The molecule has 0 saturated carbocycles. The van der Waals surface area contributed by atoms with Gasteiger partial charge >= 0.3 is 0 Å². The third kappa shape index (κ3) is 3.87. The molecular formula is C24H22FNO3. The summed E-state index contributed by atoms with van der Waals surface area (Å²) >= 11 is 0. The fraction of sp³-hybridized carbons (Fsp3) is 0.208. The first kappa shape index (κ1) is 19.2. The van der Waals surface area contributed by atoms with Gasteiger partial charge in [-0.25, -0.2) is 4.39 Å². The quantitative estimate of drug-likeness (QED) is 0.596. The number of hydrogen-bond acceptors (Lipinski definition) is 3. The van der Waals surface area contributed by atoms with E-state index in [-0.39, 0.29) is 29.4 Å². The summed E-state index contributed by atoms with van der Waals surface area (Å²) in [6, 6.07) is 21.8. The number of carbonyl (C=O) groups is 1. The molecule has 0 aromatic heterocycles. The standard InChI is InChI=1S/C24H22FNO3/c25-18-8-10-19(11-9-18)26-23(17-6-12-20(27)13-7-17)21(24(26)29)14-15-22(28)16-4-2-1-3-5-16/h1-13,21-23,27-28H,14-15H2/t21-,22-,23-/m1/s1. The first-order chi connectivity index (χ1) is 14.0. The molecule has 3 atom stereocenters. The number of rotatable bonds is 6. The van der Waals surface area contributed by atoms with E-state index in [9.17, 15) is 19.4 Å². The van der Waals surface area contributed by atoms with E-state index in [1.807, 2.05) is 30.3 Å². The van der Waals surface area contributed by atoms with Gasteiger partial charge in [0.25, 0.3) is 0 Å². The molecule has 5 heteroatoms. The first-order valence-corrected chi connectivity index (χ1v) is 9.65. The van der Waals surface area contributed by atoms with Crippen LogP contribution >= 0.6 is 0 Å². The third-order valence-corrected chi connectivity index (χ3v) is 5.49. The number of aliphatic hydroxyl groups excluding tert-OH is 1. The van der Waals surface area contributed by atoms with Crippen LogP contribution in [0.5, 0.6) is 5.75 Å². The number of aliphatic hydroxyl groups is 1. The second-order valence-corrected chi connectivity index (χ2v) is 7.33. The predicted octanol–water partition coefficient (Wildman–Crippen LogP) is 4.75. The minimum atomic E-state index is -0.635. The SMILES string of the molecule is O=C1[C@H](CC[C@@H](O)c2ccccc2)[C@@H](c2ccc(O)cc2)N1c1ccc(F)cc1. The van der Waals surface area contributed by atoms with Crippen molar-refractivity contribution in [2.45, 2.75) is 25.0 Å². The highest BCUT2D eigenvalue weighted by molar-refractivity contribution is 6.03. The molecule has 0 radical (unpaired) electrons. The fourth-order valence-corrected chi connectivity index (χ4v) is 3.95. The number of β-lactam (4-membered cyclic amide) rings is 1. The van der Waals surface area contributed by atoms with Gasteiger partial charge in [0.2, 0.25) is 5.91 Å². The third-order valence-electron chi connectivity index (χ3n) is 5.49. The van der Waals surface area contributed by atoms with Crippen LogP contribution in [0.3, 0.4) is 0 Å². The van der Waals surface area contributed by atoms with E-state index in [1.165, 1.54) is 12.1 Å². The lowest BCUT2D eigenvalue weighted by Crippen LogP contribution is -2.55. The number of halogens is 1. The largest absolute Gasteiger partial charge is 0.508 e. The van der Waals surface area contributed by atoms with E-state index in [0.717, 1.165) is 11.1 Å². The van der Waals surface area contributed by atoms with Crippen molar-refractivity contribution in [2.24, 2.45) is 5.92 Å². The number of phenolic OH excluding ortho intramolecular Hbond substituents is 1. The maximum absolute atomic E-state index is 13.3. The second-order valence-electron chi connectivity index (χ2n) is 7.33. The summed E-state index contributed by atoms with van der Waals surface area (Å²) in [5.41, 5.74) is 2.36. The number of nitrogens with zero attached hydrogens (tertiary/aromatic N) is 1. The zero-order valence-electron chi connectivity index (χ0n) is 15.8. The Bertz CT molecular complexity index is 973. The maximum Gasteiger partial charge on any atom is 0.233 e. The van der Waals surface area contributed by atoms with Crippen LogP contribution in [0.15, 0.2) is 78.9 Å². The van der Waals surface area contributed by atoms with Crippen molar-refractivity contribution in [3.05, 3.63) is 95.8 Å². The van der Waals surface area contributed by atoms with Crippen LogP contribution in [0.25, 0.3) is 0 Å². The molecule has 1 fully saturated rings. The van der Waals surface area contributed by atoms with Gasteiger partial charge in [-0.05, 0) is 60.4 Å². The van der Waals surface area contributed by atoms with E-state index >= 15 is 0 Å². The minimum Gasteiger partial charge on any atom is -0.508 e. The highest BCUT2D eigenvalue weighted by Crippen LogP contribution is 2.46. The van der Waals surface area contributed by atoms with Gasteiger partial charge in [-0.1, -0.05) is 42.5 Å². The fourth-order valence-electron chi connectivity index (χ4n) is 3.95. The van der Waals surface area contributed by atoms with E-state index < -0.39 is 6.10 Å². The molecule has 1 amide bonds. The summed E-state index contributed by atoms with van der Waals surface area (Å²) < 4.78 is 13.3. The highest BCUT2D eigenvalue weighted by Gasteiger charge is 2.48. The molecule has 3 aromatic carbocycles. The average molecular weight is 391 g/mol. The van der Waals surface area contributed by atoms with E-state index in [2.05, 4.69) is 0 Å². The van der Waals surface area contributed by atoms with Gasteiger partial charge in [-0.3, -0.25) is 4.79 Å². The van der Waals surface area contributed by atoms with Crippen molar-refractivity contribution in [3.8, 4) is 5.75 Å². The van der Waals surface area contributed by atoms with Crippen molar-refractivity contribution >= 4 is 11.6 Å². The van der Waals surface area contributed by atoms with Crippen LogP contribution in [-0.2, 0) is 4.79 Å². The lowest BCUT2D eigenvalue weighted by Gasteiger charge is -2.48. The Labute approximate surface area is 168 Å². The van der Waals surface area contributed by atoms with Crippen molar-refractivity contribution in [1.82, 2.24) is 0 Å². The molecule has 4 rings (SSSR count). The lowest BCUT2D eigenvalue weighted by molar-refractivity contribution is -0.131. The van der Waals surface area contributed by atoms with Crippen molar-refractivity contribution in [1.29, 1.82) is 0 Å². The van der Waals surface area contributed by atoms with Crippen LogP contribution in [0.4, 0.5) is 10.1 Å². The Balaban J connectivity index is 1.56. The monoisotopic (exact) mass is 391 g/mol. The van der Waals surface area contributed by atoms with Crippen LogP contribution in [0.1, 0.15) is 36.1 Å². The Kier molecular flexibility index (Phi) is 5.32. The Hall–Kier alpha value is -3.18. The molecule has 0 spiro atoms. The van der Waals surface area contributed by atoms with Gasteiger partial charge in [0.1, 0.15) is 11.6 Å². The van der Waals surface area contributed by atoms with Gasteiger partial charge in [0.05, 0.1) is 18.1 Å². The minimum absolute atomic E-state index is 0.0463. The molecule has 1 aliphatic rings. The molecule has 4 nitrogen and oxygen atoms in total. The van der Waals surface area contributed by atoms with Gasteiger partial charge in [0.15, 0.2) is 0 Å². The average Bonchev–Trinajstić information content (AvgIpc) is 2.74. The molecule has 3 aromatic rings. The summed E-state index contributed by atoms with van der Waals surface area (Å²) in [7, 11) is 0. The summed E-state index contributed by atoms with van der Waals surface area (Å²) in [6.45, 7) is 0.